The van der Waals surface area contributed by atoms with E-state index in [9.17, 15) is 19.2 Å². The summed E-state index contributed by atoms with van der Waals surface area (Å²) in [5.74, 6) is -0.305. The quantitative estimate of drug-likeness (QED) is 0.329. The number of rotatable bonds is 6. The van der Waals surface area contributed by atoms with E-state index in [0.717, 1.165) is 0 Å². The average Bonchev–Trinajstić information content (AvgIpc) is 2.66. The molecule has 0 aliphatic carbocycles. The summed E-state index contributed by atoms with van der Waals surface area (Å²) in [7, 11) is 0. The van der Waals surface area contributed by atoms with Crippen LogP contribution in [0.25, 0.3) is 0 Å². The van der Waals surface area contributed by atoms with Crippen LogP contribution in [0.4, 0.5) is 9.59 Å². The molecule has 12 heteroatoms. The molecule has 0 bridgehead atoms. The molecule has 0 unspecified atom stereocenters. The summed E-state index contributed by atoms with van der Waals surface area (Å²) in [5.41, 5.74) is -1.43. The SMILES string of the molecule is CC(C)(C)OC(=O)NC[C@@H](NC(=O)OC(C)(C)C)C(=O)N1CCN(C(=O)[C@H](I)CI)CC1. The molecule has 1 rings (SSSR count). The molecule has 1 heterocycles. The Morgan fingerprint density at radius 3 is 1.72 bits per heavy atom. The third-order valence-corrected chi connectivity index (χ3v) is 7.68. The molecule has 2 atom stereocenters. The van der Waals surface area contributed by atoms with E-state index in [-0.39, 0.29) is 22.3 Å². The number of alkyl carbamates (subject to hydrolysis) is 2. The zero-order valence-electron chi connectivity index (χ0n) is 19.5. The van der Waals surface area contributed by atoms with Crippen molar-refractivity contribution in [2.45, 2.75) is 62.7 Å². The Morgan fingerprint density at radius 2 is 1.28 bits per heavy atom. The van der Waals surface area contributed by atoms with Crippen LogP contribution in [0.15, 0.2) is 0 Å². The van der Waals surface area contributed by atoms with Crippen LogP contribution in [0, 0.1) is 0 Å². The number of piperazine rings is 1. The van der Waals surface area contributed by atoms with Gasteiger partial charge < -0.3 is 29.9 Å². The molecule has 32 heavy (non-hydrogen) atoms. The maximum Gasteiger partial charge on any atom is 0.408 e. The summed E-state index contributed by atoms with van der Waals surface area (Å²) in [6.07, 6.45) is -1.45. The number of carbonyl (C=O) groups excluding carboxylic acids is 4. The number of ether oxygens (including phenoxy) is 2. The lowest BCUT2D eigenvalue weighted by Crippen LogP contribution is -2.59. The number of amides is 4. The van der Waals surface area contributed by atoms with Crippen LogP contribution in [-0.2, 0) is 19.1 Å². The average molecular weight is 680 g/mol. The summed E-state index contributed by atoms with van der Waals surface area (Å²) >= 11 is 4.29. The first-order valence-corrected chi connectivity index (χ1v) is 13.1. The predicted octanol–water partition coefficient (Wildman–Crippen LogP) is 2.31. The fraction of sp³-hybridized carbons (Fsp3) is 0.800. The molecule has 184 valence electrons. The highest BCUT2D eigenvalue weighted by Gasteiger charge is 2.32. The van der Waals surface area contributed by atoms with Crippen molar-refractivity contribution in [3.63, 3.8) is 0 Å². The Bertz CT molecular complexity index is 685. The van der Waals surface area contributed by atoms with Crippen LogP contribution >= 0.6 is 45.2 Å². The van der Waals surface area contributed by atoms with E-state index in [1.54, 1.807) is 51.3 Å². The molecule has 1 saturated heterocycles. The van der Waals surface area contributed by atoms with Crippen molar-refractivity contribution in [3.05, 3.63) is 0 Å². The first-order valence-electron chi connectivity index (χ1n) is 10.4. The molecular weight excluding hydrogens is 646 g/mol. The fourth-order valence-electron chi connectivity index (χ4n) is 2.78. The number of nitrogens with one attached hydrogen (secondary N) is 2. The molecule has 0 aromatic rings. The first-order chi connectivity index (χ1) is 14.6. The van der Waals surface area contributed by atoms with Crippen molar-refractivity contribution in [2.24, 2.45) is 0 Å². The van der Waals surface area contributed by atoms with E-state index < -0.39 is 29.4 Å². The van der Waals surface area contributed by atoms with Crippen LogP contribution in [0.2, 0.25) is 0 Å². The summed E-state index contributed by atoms with van der Waals surface area (Å²) in [6.45, 7) is 11.7. The van der Waals surface area contributed by atoms with Gasteiger partial charge in [-0.15, -0.1) is 0 Å². The van der Waals surface area contributed by atoms with E-state index in [0.29, 0.717) is 30.6 Å². The fourth-order valence-corrected chi connectivity index (χ4v) is 3.55. The smallest absolute Gasteiger partial charge is 0.408 e. The normalized spacial score (nSPS) is 16.6. The lowest BCUT2D eigenvalue weighted by atomic mass is 10.2. The maximum atomic E-state index is 13.1. The Balaban J connectivity index is 2.80. The Kier molecular flexibility index (Phi) is 11.2. The molecule has 0 aromatic carbocycles. The zero-order valence-corrected chi connectivity index (χ0v) is 23.8. The van der Waals surface area contributed by atoms with Gasteiger partial charge in [0.05, 0.1) is 10.5 Å². The summed E-state index contributed by atoms with van der Waals surface area (Å²) in [5, 5.41) is 5.08. The molecule has 10 nitrogen and oxygen atoms in total. The second-order valence-corrected chi connectivity index (χ2v) is 11.7. The molecule has 4 amide bonds. The van der Waals surface area contributed by atoms with Gasteiger partial charge in [0.15, 0.2) is 0 Å². The van der Waals surface area contributed by atoms with E-state index >= 15 is 0 Å². The van der Waals surface area contributed by atoms with Gasteiger partial charge in [0, 0.05) is 30.6 Å². The molecule has 2 N–H and O–H groups in total. The van der Waals surface area contributed by atoms with Crippen LogP contribution in [0.1, 0.15) is 41.5 Å². The molecule has 0 aromatic heterocycles. The monoisotopic (exact) mass is 680 g/mol. The highest BCUT2D eigenvalue weighted by molar-refractivity contribution is 14.1. The first kappa shape index (κ1) is 29.0. The van der Waals surface area contributed by atoms with Crippen LogP contribution in [0.3, 0.4) is 0 Å². The number of hydrogen-bond acceptors (Lipinski definition) is 6. The van der Waals surface area contributed by atoms with Gasteiger partial charge in [-0.3, -0.25) is 9.59 Å². The van der Waals surface area contributed by atoms with E-state index in [2.05, 4.69) is 55.8 Å². The third kappa shape index (κ3) is 10.7. The van der Waals surface area contributed by atoms with Gasteiger partial charge in [0.25, 0.3) is 0 Å². The van der Waals surface area contributed by atoms with Crippen LogP contribution < -0.4 is 10.6 Å². The zero-order chi connectivity index (χ0) is 24.7. The van der Waals surface area contributed by atoms with Gasteiger partial charge in [-0.25, -0.2) is 9.59 Å². The number of carbonyl (C=O) groups is 4. The topological polar surface area (TPSA) is 117 Å². The molecule has 1 aliphatic rings. The largest absolute Gasteiger partial charge is 0.444 e. The maximum absolute atomic E-state index is 13.1. The minimum atomic E-state index is -1.04. The van der Waals surface area contributed by atoms with Gasteiger partial charge in [-0.1, -0.05) is 45.2 Å². The van der Waals surface area contributed by atoms with Gasteiger partial charge in [0.2, 0.25) is 11.8 Å². The lowest BCUT2D eigenvalue weighted by molar-refractivity contribution is -0.140. The summed E-state index contributed by atoms with van der Waals surface area (Å²) < 4.78 is 11.1. The minimum Gasteiger partial charge on any atom is -0.444 e. The van der Waals surface area contributed by atoms with Gasteiger partial charge in [0.1, 0.15) is 17.2 Å². The number of hydrogen-bond donors (Lipinski definition) is 2. The van der Waals surface area contributed by atoms with E-state index in [1.807, 2.05) is 0 Å². The van der Waals surface area contributed by atoms with E-state index in [1.165, 1.54) is 0 Å². The Labute approximate surface area is 217 Å². The second-order valence-electron chi connectivity index (χ2n) is 9.35. The second kappa shape index (κ2) is 12.4. The number of nitrogens with zero attached hydrogens (tertiary/aromatic N) is 2. The van der Waals surface area contributed by atoms with Gasteiger partial charge in [-0.2, -0.15) is 0 Å². The molecule has 1 fully saturated rings. The molecule has 1 aliphatic heterocycles. The highest BCUT2D eigenvalue weighted by Crippen LogP contribution is 2.13. The van der Waals surface area contributed by atoms with Gasteiger partial charge >= 0.3 is 12.2 Å². The van der Waals surface area contributed by atoms with Crippen molar-refractivity contribution in [1.82, 2.24) is 20.4 Å². The molecule has 0 spiro atoms. The van der Waals surface area contributed by atoms with Gasteiger partial charge in [-0.05, 0) is 41.5 Å². The molecule has 0 radical (unpaired) electrons. The van der Waals surface area contributed by atoms with Crippen molar-refractivity contribution >= 4 is 69.2 Å². The predicted molar refractivity (Wildman–Crippen MR) is 137 cm³/mol. The van der Waals surface area contributed by atoms with Crippen molar-refractivity contribution < 1.29 is 28.7 Å². The van der Waals surface area contributed by atoms with Crippen molar-refractivity contribution in [2.75, 3.05) is 37.2 Å². The Morgan fingerprint density at radius 1 is 0.844 bits per heavy atom. The molecular formula is C20H34I2N4O6. The highest BCUT2D eigenvalue weighted by atomic mass is 127. The van der Waals surface area contributed by atoms with E-state index in [4.69, 9.17) is 9.47 Å². The Hall–Kier alpha value is -1.06. The van der Waals surface area contributed by atoms with Crippen molar-refractivity contribution in [1.29, 1.82) is 0 Å². The minimum absolute atomic E-state index is 0.0575. The van der Waals surface area contributed by atoms with Crippen LogP contribution in [-0.4, -0.2) is 92.1 Å². The van der Waals surface area contributed by atoms with Crippen molar-refractivity contribution in [3.8, 4) is 0 Å². The lowest BCUT2D eigenvalue weighted by Gasteiger charge is -2.37. The van der Waals surface area contributed by atoms with Crippen LogP contribution in [0.5, 0.6) is 0 Å². The number of alkyl halides is 2. The standard InChI is InChI=1S/C20H34I2N4O6/c1-19(2,3)31-17(29)23-12-14(24-18(30)32-20(4,5)6)16(28)26-9-7-25(8-10-26)15(27)13(22)11-21/h13-14H,7-12H2,1-6H3,(H,23,29)(H,24,30)/t13-,14-/m1/s1. The summed E-state index contributed by atoms with van der Waals surface area (Å²) in [6, 6.07) is -1.04. The third-order valence-electron chi connectivity index (χ3n) is 4.14. The molecule has 0 saturated carbocycles. The summed E-state index contributed by atoms with van der Waals surface area (Å²) in [4.78, 5) is 53.1. The number of halogens is 2.